The number of nitrogens with one attached hydrogen (secondary N) is 1. The Kier molecular flexibility index (Phi) is 1.49. The molecule has 0 fully saturated rings. The lowest BCUT2D eigenvalue weighted by molar-refractivity contribution is 0.973. The van der Waals surface area contributed by atoms with Crippen LogP contribution < -0.4 is 16.8 Å². The van der Waals surface area contributed by atoms with Crippen LogP contribution in [0.3, 0.4) is 0 Å². The van der Waals surface area contributed by atoms with Gasteiger partial charge in [0.1, 0.15) is 11.6 Å². The average molecular weight is 163 g/mol. The second-order valence-corrected chi connectivity index (χ2v) is 2.57. The predicted octanol–water partition coefficient (Wildman–Crippen LogP) is -0.310. The van der Waals surface area contributed by atoms with E-state index in [2.05, 4.69) is 21.7 Å². The van der Waals surface area contributed by atoms with Crippen LogP contribution in [0.25, 0.3) is 0 Å². The second kappa shape index (κ2) is 2.51. The fourth-order valence-electron chi connectivity index (χ4n) is 1.17. The van der Waals surface area contributed by atoms with E-state index in [1.165, 1.54) is 0 Å². The minimum atomic E-state index is 0.209. The van der Waals surface area contributed by atoms with Crippen molar-refractivity contribution in [1.82, 2.24) is 9.97 Å². The van der Waals surface area contributed by atoms with Gasteiger partial charge in [0.25, 0.3) is 0 Å². The van der Waals surface area contributed by atoms with Crippen molar-refractivity contribution in [3.05, 3.63) is 12.0 Å². The van der Waals surface area contributed by atoms with E-state index in [4.69, 9.17) is 11.5 Å². The summed E-state index contributed by atoms with van der Waals surface area (Å²) in [6, 6.07) is 0. The van der Waals surface area contributed by atoms with Gasteiger partial charge in [-0.15, -0.1) is 0 Å². The third-order valence-electron chi connectivity index (χ3n) is 1.74. The zero-order valence-corrected chi connectivity index (χ0v) is 6.46. The molecule has 1 aliphatic heterocycles. The van der Waals surface area contributed by atoms with Gasteiger partial charge in [-0.25, -0.2) is 0 Å². The highest BCUT2D eigenvalue weighted by Gasteiger charge is 2.14. The van der Waals surface area contributed by atoms with E-state index >= 15 is 0 Å². The fraction of sp³-hybridized carbons (Fsp3) is 0.286. The van der Waals surface area contributed by atoms with Gasteiger partial charge in [0.15, 0.2) is 0 Å². The molecule has 0 saturated heterocycles. The minimum absolute atomic E-state index is 0.209. The van der Waals surface area contributed by atoms with Gasteiger partial charge in [-0.2, -0.15) is 9.97 Å². The Labute approximate surface area is 70.2 Å². The molecule has 2 rings (SSSR count). The van der Waals surface area contributed by atoms with Crippen LogP contribution in [0.1, 0.15) is 5.56 Å². The first-order chi connectivity index (χ1) is 5.77. The van der Waals surface area contributed by atoms with E-state index in [9.17, 15) is 0 Å². The fourth-order valence-corrected chi connectivity index (χ4v) is 1.17. The van der Waals surface area contributed by atoms with E-state index in [1.807, 2.05) is 0 Å². The van der Waals surface area contributed by atoms with Crippen molar-refractivity contribution in [2.75, 3.05) is 23.3 Å². The minimum Gasteiger partial charge on any atom is -0.383 e. The maximum Gasteiger partial charge on any atom is 0.223 e. The normalized spacial score (nSPS) is 15.0. The highest BCUT2D eigenvalue weighted by Crippen LogP contribution is 2.23. The Bertz CT molecular complexity index is 309. The van der Waals surface area contributed by atoms with Crippen molar-refractivity contribution in [2.45, 2.75) is 6.42 Å². The molecule has 62 valence electrons. The number of hydrogen-bond acceptors (Lipinski definition) is 5. The third kappa shape index (κ3) is 1.03. The van der Waals surface area contributed by atoms with E-state index in [-0.39, 0.29) is 5.95 Å². The Balaban J connectivity index is 2.53. The van der Waals surface area contributed by atoms with Crippen molar-refractivity contribution in [2.24, 2.45) is 0 Å². The number of fused-ring (bicyclic) bond motifs is 1. The molecule has 5 heteroatoms. The lowest BCUT2D eigenvalue weighted by atomic mass is 10.1. The number of hydrogen-bond donors (Lipinski definition) is 3. The topological polar surface area (TPSA) is 89.8 Å². The zero-order valence-electron chi connectivity index (χ0n) is 6.46. The van der Waals surface area contributed by atoms with Crippen molar-refractivity contribution < 1.29 is 0 Å². The maximum absolute atomic E-state index is 5.63. The molecule has 0 atom stereocenters. The summed E-state index contributed by atoms with van der Waals surface area (Å²) in [5, 5.41) is 3.02. The van der Waals surface area contributed by atoms with Crippen LogP contribution >= 0.6 is 0 Å². The van der Waals surface area contributed by atoms with Crippen LogP contribution in [0, 0.1) is 6.42 Å². The van der Waals surface area contributed by atoms with Crippen LogP contribution in [-0.4, -0.2) is 16.5 Å². The zero-order chi connectivity index (χ0) is 8.55. The summed E-state index contributed by atoms with van der Waals surface area (Å²) in [5.41, 5.74) is 11.9. The Morgan fingerprint density at radius 2 is 2.17 bits per heavy atom. The largest absolute Gasteiger partial charge is 0.383 e. The molecule has 0 bridgehead atoms. The number of nitrogens with zero attached hydrogens (tertiary/aromatic N) is 2. The SMILES string of the molecule is Nc1nc(N)c2c(n1)NC[C]C2. The van der Waals surface area contributed by atoms with Gasteiger partial charge < -0.3 is 16.8 Å². The van der Waals surface area contributed by atoms with Gasteiger partial charge in [-0.1, -0.05) is 0 Å². The van der Waals surface area contributed by atoms with Crippen molar-refractivity contribution in [3.63, 3.8) is 0 Å². The number of anilines is 3. The van der Waals surface area contributed by atoms with Crippen LogP contribution in [0.2, 0.25) is 0 Å². The van der Waals surface area contributed by atoms with Crippen molar-refractivity contribution in [1.29, 1.82) is 0 Å². The molecule has 0 aliphatic carbocycles. The molecule has 2 radical (unpaired) electrons. The van der Waals surface area contributed by atoms with Crippen molar-refractivity contribution in [3.8, 4) is 0 Å². The highest BCUT2D eigenvalue weighted by molar-refractivity contribution is 5.60. The molecule has 0 aromatic carbocycles. The molecule has 12 heavy (non-hydrogen) atoms. The summed E-state index contributed by atoms with van der Waals surface area (Å²) in [5.74, 6) is 1.39. The van der Waals surface area contributed by atoms with Gasteiger partial charge in [0.2, 0.25) is 5.95 Å². The molecular formula is C7H9N5. The lowest BCUT2D eigenvalue weighted by Crippen LogP contribution is -2.17. The molecule has 0 amide bonds. The van der Waals surface area contributed by atoms with E-state index in [0.717, 1.165) is 11.4 Å². The summed E-state index contributed by atoms with van der Waals surface area (Å²) in [4.78, 5) is 7.86. The molecular weight excluding hydrogens is 154 g/mol. The Hall–Kier alpha value is -1.52. The molecule has 0 spiro atoms. The van der Waals surface area contributed by atoms with Gasteiger partial charge in [0, 0.05) is 18.5 Å². The van der Waals surface area contributed by atoms with Gasteiger partial charge in [-0.3, -0.25) is 0 Å². The average Bonchev–Trinajstić information content (AvgIpc) is 2.04. The highest BCUT2D eigenvalue weighted by atomic mass is 15.1. The number of aromatic nitrogens is 2. The van der Waals surface area contributed by atoms with Gasteiger partial charge in [0.05, 0.1) is 0 Å². The first-order valence-electron chi connectivity index (χ1n) is 3.64. The van der Waals surface area contributed by atoms with E-state index in [0.29, 0.717) is 18.8 Å². The first kappa shape index (κ1) is 7.15. The molecule has 1 aliphatic rings. The Morgan fingerprint density at radius 3 is 3.00 bits per heavy atom. The van der Waals surface area contributed by atoms with Gasteiger partial charge in [-0.05, 0) is 6.42 Å². The smallest absolute Gasteiger partial charge is 0.223 e. The monoisotopic (exact) mass is 163 g/mol. The number of nitrogen functional groups attached to an aromatic ring is 2. The standard InChI is InChI=1S/C7H9N5/c8-5-4-2-1-3-10-6(4)12-7(9)11-5/h2-3H2,(H5,8,9,10,11,12). The van der Waals surface area contributed by atoms with E-state index < -0.39 is 0 Å². The molecule has 5 nitrogen and oxygen atoms in total. The van der Waals surface area contributed by atoms with Crippen LogP contribution in [0.5, 0.6) is 0 Å². The number of rotatable bonds is 0. The van der Waals surface area contributed by atoms with Gasteiger partial charge >= 0.3 is 0 Å². The quantitative estimate of drug-likeness (QED) is 0.488. The van der Waals surface area contributed by atoms with Crippen molar-refractivity contribution >= 4 is 17.6 Å². The summed E-state index contributed by atoms with van der Waals surface area (Å²) in [7, 11) is 0. The number of nitrogens with two attached hydrogens (primary N) is 2. The molecule has 0 unspecified atom stereocenters. The van der Waals surface area contributed by atoms with E-state index in [1.54, 1.807) is 0 Å². The summed E-state index contributed by atoms with van der Waals surface area (Å²) < 4.78 is 0. The predicted molar refractivity (Wildman–Crippen MR) is 46.3 cm³/mol. The lowest BCUT2D eigenvalue weighted by Gasteiger charge is -2.17. The van der Waals surface area contributed by atoms with Crippen LogP contribution in [-0.2, 0) is 6.42 Å². The Morgan fingerprint density at radius 1 is 1.33 bits per heavy atom. The molecule has 5 N–H and O–H groups in total. The molecule has 2 heterocycles. The maximum atomic E-state index is 5.63. The van der Waals surface area contributed by atoms with Crippen LogP contribution in [0.15, 0.2) is 0 Å². The van der Waals surface area contributed by atoms with Crippen LogP contribution in [0.4, 0.5) is 17.6 Å². The molecule has 1 aromatic rings. The summed E-state index contributed by atoms with van der Waals surface area (Å²) in [6.45, 7) is 0.683. The first-order valence-corrected chi connectivity index (χ1v) is 3.64. The third-order valence-corrected chi connectivity index (χ3v) is 1.74. The molecule has 1 aromatic heterocycles. The second-order valence-electron chi connectivity index (χ2n) is 2.57. The summed E-state index contributed by atoms with van der Waals surface area (Å²) >= 11 is 0. The summed E-state index contributed by atoms with van der Waals surface area (Å²) in [6.07, 6.45) is 3.78. The molecule has 0 saturated carbocycles.